The smallest absolute Gasteiger partial charge is 0.240 e. The Balaban J connectivity index is 1.89. The quantitative estimate of drug-likeness (QED) is 0.929. The molecule has 0 aliphatic heterocycles. The Kier molecular flexibility index (Phi) is 3.99. The van der Waals surface area contributed by atoms with E-state index in [2.05, 4.69) is 15.5 Å². The Labute approximate surface area is 109 Å². The highest BCUT2D eigenvalue weighted by Gasteiger charge is 2.02. The number of hydrogen-bond acceptors (Lipinski definition) is 4. The predicted molar refractivity (Wildman–Crippen MR) is 66.0 cm³/mol. The Bertz CT molecular complexity index is 493. The van der Waals surface area contributed by atoms with Crippen LogP contribution in [-0.2, 0) is 13.1 Å². The lowest BCUT2D eigenvalue weighted by atomic mass is 10.2. The van der Waals surface area contributed by atoms with Crippen LogP contribution in [0.5, 0.6) is 0 Å². The van der Waals surface area contributed by atoms with E-state index in [9.17, 15) is 0 Å². The molecule has 1 aromatic carbocycles. The van der Waals surface area contributed by atoms with Gasteiger partial charge in [-0.25, -0.2) is 0 Å². The average molecular weight is 272 g/mol. The van der Waals surface area contributed by atoms with Crippen molar-refractivity contribution in [2.24, 2.45) is 0 Å². The van der Waals surface area contributed by atoms with Crippen molar-refractivity contribution in [3.8, 4) is 0 Å². The standard InChI is InChI=1S/C11H11Cl2N3O/c1-7-15-11(17-16-7)6-14-5-8-2-9(12)4-10(13)3-8/h2-4,14H,5-6H2,1H3. The Morgan fingerprint density at radius 1 is 1.18 bits per heavy atom. The normalized spacial score (nSPS) is 10.8. The zero-order chi connectivity index (χ0) is 12.3. The van der Waals surface area contributed by atoms with Crippen molar-refractivity contribution < 1.29 is 4.52 Å². The molecule has 2 aromatic rings. The SMILES string of the molecule is Cc1noc(CNCc2cc(Cl)cc(Cl)c2)n1. The number of nitrogens with zero attached hydrogens (tertiary/aromatic N) is 2. The summed E-state index contributed by atoms with van der Waals surface area (Å²) in [7, 11) is 0. The molecule has 0 bridgehead atoms. The molecule has 0 radical (unpaired) electrons. The number of benzene rings is 1. The molecule has 1 heterocycles. The lowest BCUT2D eigenvalue weighted by Gasteiger charge is -2.03. The summed E-state index contributed by atoms with van der Waals surface area (Å²) in [5.41, 5.74) is 1.01. The third-order valence-corrected chi connectivity index (χ3v) is 2.53. The van der Waals surface area contributed by atoms with Crippen molar-refractivity contribution in [3.05, 3.63) is 45.5 Å². The summed E-state index contributed by atoms with van der Waals surface area (Å²) in [4.78, 5) is 4.08. The van der Waals surface area contributed by atoms with Gasteiger partial charge >= 0.3 is 0 Å². The van der Waals surface area contributed by atoms with Gasteiger partial charge in [0.1, 0.15) is 0 Å². The van der Waals surface area contributed by atoms with Gasteiger partial charge in [-0.3, -0.25) is 0 Å². The maximum absolute atomic E-state index is 5.90. The van der Waals surface area contributed by atoms with Gasteiger partial charge in [-0.05, 0) is 30.7 Å². The summed E-state index contributed by atoms with van der Waals surface area (Å²) >= 11 is 11.8. The maximum Gasteiger partial charge on any atom is 0.240 e. The maximum atomic E-state index is 5.90. The lowest BCUT2D eigenvalue weighted by Crippen LogP contribution is -2.12. The number of rotatable bonds is 4. The molecule has 0 unspecified atom stereocenters. The van der Waals surface area contributed by atoms with E-state index in [0.29, 0.717) is 34.8 Å². The molecular weight excluding hydrogens is 261 g/mol. The van der Waals surface area contributed by atoms with Gasteiger partial charge in [0.25, 0.3) is 0 Å². The number of hydrogen-bond donors (Lipinski definition) is 1. The largest absolute Gasteiger partial charge is 0.338 e. The molecule has 2 rings (SSSR count). The fourth-order valence-electron chi connectivity index (χ4n) is 1.44. The third-order valence-electron chi connectivity index (χ3n) is 2.10. The number of nitrogens with one attached hydrogen (secondary N) is 1. The summed E-state index contributed by atoms with van der Waals surface area (Å²) < 4.78 is 4.97. The van der Waals surface area contributed by atoms with Gasteiger partial charge in [-0.2, -0.15) is 4.98 Å². The molecule has 6 heteroatoms. The highest BCUT2D eigenvalue weighted by atomic mass is 35.5. The first-order valence-electron chi connectivity index (χ1n) is 5.08. The van der Waals surface area contributed by atoms with Crippen LogP contribution in [0, 0.1) is 6.92 Å². The molecule has 0 spiro atoms. The zero-order valence-electron chi connectivity index (χ0n) is 9.20. The van der Waals surface area contributed by atoms with Gasteiger partial charge in [0.15, 0.2) is 5.82 Å². The first kappa shape index (κ1) is 12.4. The number of halogens is 2. The molecule has 0 aliphatic rings. The first-order valence-corrected chi connectivity index (χ1v) is 5.84. The summed E-state index contributed by atoms with van der Waals surface area (Å²) in [5.74, 6) is 1.20. The molecule has 0 fully saturated rings. The van der Waals surface area contributed by atoms with Crippen molar-refractivity contribution in [1.82, 2.24) is 15.5 Å². The van der Waals surface area contributed by atoms with Crippen LogP contribution in [0.3, 0.4) is 0 Å². The fraction of sp³-hybridized carbons (Fsp3) is 0.273. The van der Waals surface area contributed by atoms with E-state index in [0.717, 1.165) is 5.56 Å². The minimum absolute atomic E-state index is 0.519. The topological polar surface area (TPSA) is 51.0 Å². The van der Waals surface area contributed by atoms with Crippen LogP contribution in [0.4, 0.5) is 0 Å². The molecule has 0 saturated heterocycles. The van der Waals surface area contributed by atoms with E-state index in [1.54, 1.807) is 13.0 Å². The lowest BCUT2D eigenvalue weighted by molar-refractivity contribution is 0.364. The van der Waals surface area contributed by atoms with Crippen molar-refractivity contribution in [2.75, 3.05) is 0 Å². The van der Waals surface area contributed by atoms with E-state index >= 15 is 0 Å². The van der Waals surface area contributed by atoms with E-state index in [1.807, 2.05) is 12.1 Å². The molecule has 4 nitrogen and oxygen atoms in total. The molecule has 0 saturated carbocycles. The van der Waals surface area contributed by atoms with Crippen molar-refractivity contribution >= 4 is 23.2 Å². The second-order valence-corrected chi connectivity index (χ2v) is 4.49. The van der Waals surface area contributed by atoms with E-state index in [1.165, 1.54) is 0 Å². The van der Waals surface area contributed by atoms with Crippen LogP contribution in [-0.4, -0.2) is 10.1 Å². The van der Waals surface area contributed by atoms with Crippen LogP contribution in [0.25, 0.3) is 0 Å². The number of aryl methyl sites for hydroxylation is 1. The van der Waals surface area contributed by atoms with Crippen LogP contribution in [0.1, 0.15) is 17.3 Å². The average Bonchev–Trinajstić information content (AvgIpc) is 2.63. The third kappa shape index (κ3) is 3.70. The van der Waals surface area contributed by atoms with Gasteiger partial charge in [0.2, 0.25) is 5.89 Å². The second kappa shape index (κ2) is 5.49. The molecular formula is C11H11Cl2N3O. The minimum Gasteiger partial charge on any atom is -0.338 e. The zero-order valence-corrected chi connectivity index (χ0v) is 10.7. The summed E-state index contributed by atoms with van der Waals surface area (Å²) in [5, 5.41) is 8.13. The number of aromatic nitrogens is 2. The summed E-state index contributed by atoms with van der Waals surface area (Å²) in [6, 6.07) is 5.42. The molecule has 0 atom stereocenters. The monoisotopic (exact) mass is 271 g/mol. The van der Waals surface area contributed by atoms with Crippen molar-refractivity contribution in [1.29, 1.82) is 0 Å². The van der Waals surface area contributed by atoms with Crippen molar-refractivity contribution in [2.45, 2.75) is 20.0 Å². The molecule has 0 aliphatic carbocycles. The van der Waals surface area contributed by atoms with E-state index in [-0.39, 0.29) is 0 Å². The van der Waals surface area contributed by atoms with Crippen molar-refractivity contribution in [3.63, 3.8) is 0 Å². The predicted octanol–water partition coefficient (Wildman–Crippen LogP) is 2.97. The Hall–Kier alpha value is -1.10. The van der Waals surface area contributed by atoms with Crippen LogP contribution in [0.2, 0.25) is 10.0 Å². The summed E-state index contributed by atoms with van der Waals surface area (Å²) in [6.07, 6.45) is 0. The van der Waals surface area contributed by atoms with Crippen LogP contribution in [0.15, 0.2) is 22.7 Å². The highest BCUT2D eigenvalue weighted by Crippen LogP contribution is 2.18. The van der Waals surface area contributed by atoms with Gasteiger partial charge in [0.05, 0.1) is 6.54 Å². The molecule has 0 amide bonds. The minimum atomic E-state index is 0.519. The Morgan fingerprint density at radius 3 is 2.47 bits per heavy atom. The van der Waals surface area contributed by atoms with E-state index < -0.39 is 0 Å². The van der Waals surface area contributed by atoms with Gasteiger partial charge in [-0.15, -0.1) is 0 Å². The molecule has 17 heavy (non-hydrogen) atoms. The van der Waals surface area contributed by atoms with Crippen LogP contribution >= 0.6 is 23.2 Å². The van der Waals surface area contributed by atoms with E-state index in [4.69, 9.17) is 27.7 Å². The Morgan fingerprint density at radius 2 is 1.88 bits per heavy atom. The highest BCUT2D eigenvalue weighted by molar-refractivity contribution is 6.34. The molecule has 1 N–H and O–H groups in total. The molecule has 90 valence electrons. The fourth-order valence-corrected chi connectivity index (χ4v) is 2.01. The summed E-state index contributed by atoms with van der Waals surface area (Å²) in [6.45, 7) is 2.94. The van der Waals surface area contributed by atoms with Gasteiger partial charge < -0.3 is 9.84 Å². The van der Waals surface area contributed by atoms with Gasteiger partial charge in [0, 0.05) is 16.6 Å². The van der Waals surface area contributed by atoms with Crippen LogP contribution < -0.4 is 5.32 Å². The molecule has 1 aromatic heterocycles. The first-order chi connectivity index (χ1) is 8.13. The second-order valence-electron chi connectivity index (χ2n) is 3.62. The van der Waals surface area contributed by atoms with Gasteiger partial charge in [-0.1, -0.05) is 28.4 Å².